The summed E-state index contributed by atoms with van der Waals surface area (Å²) >= 11 is 3.88. The second kappa shape index (κ2) is 11.8. The molecule has 0 radical (unpaired) electrons. The Morgan fingerprint density at radius 1 is 1.10 bits per heavy atom. The summed E-state index contributed by atoms with van der Waals surface area (Å²) < 4.78 is 0.749. The van der Waals surface area contributed by atoms with Crippen LogP contribution in [0.5, 0.6) is 0 Å². The molecule has 1 atom stereocenters. The van der Waals surface area contributed by atoms with E-state index in [0.29, 0.717) is 18.8 Å². The van der Waals surface area contributed by atoms with Crippen molar-refractivity contribution in [2.24, 2.45) is 5.92 Å². The molecule has 123 valence electrons. The van der Waals surface area contributed by atoms with Gasteiger partial charge >= 0.3 is 136 Å². The third-order valence-corrected chi connectivity index (χ3v) is 3.92. The molecule has 0 saturated heterocycles. The molecule has 0 heterocycles. The van der Waals surface area contributed by atoms with E-state index < -0.39 is 11.9 Å². The molecule has 21 heavy (non-hydrogen) atoms. The summed E-state index contributed by atoms with van der Waals surface area (Å²) in [5.41, 5.74) is 0. The second-order valence-electron chi connectivity index (χ2n) is 4.99. The molecule has 0 aliphatic heterocycles. The Kier molecular flexibility index (Phi) is 11.4. The number of hydrogen-bond acceptors (Lipinski definition) is 4. The van der Waals surface area contributed by atoms with E-state index in [1.54, 1.807) is 0 Å². The van der Waals surface area contributed by atoms with Gasteiger partial charge in [0.2, 0.25) is 0 Å². The molecule has 0 bridgehead atoms. The van der Waals surface area contributed by atoms with Crippen LogP contribution in [-0.2, 0) is 34.9 Å². The zero-order valence-corrected chi connectivity index (χ0v) is 14.6. The van der Waals surface area contributed by atoms with E-state index in [4.69, 9.17) is 9.78 Å². The van der Waals surface area contributed by atoms with E-state index in [0.717, 1.165) is 36.5 Å². The van der Waals surface area contributed by atoms with Crippen molar-refractivity contribution in [2.75, 3.05) is 0 Å². The molecule has 5 heteroatoms. The summed E-state index contributed by atoms with van der Waals surface area (Å²) in [5.74, 6) is -0.779. The normalized spacial score (nSPS) is 11.6. The van der Waals surface area contributed by atoms with Crippen molar-refractivity contribution >= 4 is 16.4 Å². The van der Waals surface area contributed by atoms with Crippen molar-refractivity contribution in [3.63, 3.8) is 0 Å². The summed E-state index contributed by atoms with van der Waals surface area (Å²) in [7, 11) is 0. The van der Waals surface area contributed by atoms with Gasteiger partial charge in [0.05, 0.1) is 0 Å². The van der Waals surface area contributed by atoms with Gasteiger partial charge < -0.3 is 0 Å². The maximum absolute atomic E-state index is 11.9. The average Bonchev–Trinajstić information content (AvgIpc) is 2.46. The van der Waals surface area contributed by atoms with Gasteiger partial charge in [-0.05, 0) is 0 Å². The number of rotatable bonds is 10. The van der Waals surface area contributed by atoms with E-state index in [9.17, 15) is 9.59 Å². The first-order chi connectivity index (χ1) is 10.0. The molecule has 0 aromatic carbocycles. The van der Waals surface area contributed by atoms with Crippen LogP contribution < -0.4 is 0 Å². The van der Waals surface area contributed by atoms with Crippen LogP contribution in [-0.4, -0.2) is 16.4 Å². The number of unbranched alkanes of at least 4 members (excludes halogenated alkanes) is 1. The van der Waals surface area contributed by atoms with Crippen LogP contribution in [0.4, 0.5) is 0 Å². The van der Waals surface area contributed by atoms with Crippen LogP contribution in [0, 0.1) is 11.8 Å². The van der Waals surface area contributed by atoms with Crippen LogP contribution in [0.15, 0.2) is 0 Å². The molecule has 0 spiro atoms. The molecule has 0 rings (SSSR count). The van der Waals surface area contributed by atoms with Crippen LogP contribution in [0.2, 0.25) is 0 Å². The zero-order valence-electron chi connectivity index (χ0n) is 13.5. The van der Waals surface area contributed by atoms with Gasteiger partial charge in [-0.25, -0.2) is 0 Å². The number of carbonyl (C=O) groups is 2. The number of carbonyl (C=O) groups excluding carboxylic acids is 2. The Balaban J connectivity index is 4.37. The third kappa shape index (κ3) is 7.68. The van der Waals surface area contributed by atoms with Crippen molar-refractivity contribution in [3.8, 4) is 0 Å². The molecule has 1 unspecified atom stereocenters. The first kappa shape index (κ1) is 20.2. The molecular weight excluding hydrogens is 312 g/mol. The fourth-order valence-electron chi connectivity index (χ4n) is 1.94. The second-order valence-corrected chi connectivity index (χ2v) is 5.66. The van der Waals surface area contributed by atoms with Crippen LogP contribution in [0.25, 0.3) is 0 Å². The standard InChI is InChI=1S/C16H27O4.Fe/c1-5-9-11-13(7-3)15(17)19-20-16(18)14(8-4)12-10-6-2;/h13H,5-11H2,1-4H3;/q-1;+1. The van der Waals surface area contributed by atoms with Crippen molar-refractivity contribution in [3.05, 3.63) is 5.92 Å². The minimum absolute atomic E-state index is 0.207. The van der Waals surface area contributed by atoms with E-state index in [1.165, 1.54) is 0 Å². The third-order valence-electron chi connectivity index (χ3n) is 3.32. The Bertz CT molecular complexity index is 341. The summed E-state index contributed by atoms with van der Waals surface area (Å²) in [6.45, 7) is 7.87. The Morgan fingerprint density at radius 2 is 1.76 bits per heavy atom. The Hall–Kier alpha value is -0.801. The van der Waals surface area contributed by atoms with Crippen LogP contribution >= 0.6 is 0 Å². The molecule has 0 aliphatic carbocycles. The van der Waals surface area contributed by atoms with E-state index in [2.05, 4.69) is 22.5 Å². The molecule has 4 nitrogen and oxygen atoms in total. The maximum atomic E-state index is 11.9. The van der Waals surface area contributed by atoms with Gasteiger partial charge in [-0.2, -0.15) is 0 Å². The van der Waals surface area contributed by atoms with Gasteiger partial charge in [0.25, 0.3) is 0 Å². The van der Waals surface area contributed by atoms with Crippen molar-refractivity contribution in [1.82, 2.24) is 0 Å². The molecule has 0 amide bonds. The molecule has 0 aromatic heterocycles. The summed E-state index contributed by atoms with van der Waals surface area (Å²) in [4.78, 5) is 33.2. The van der Waals surface area contributed by atoms with Gasteiger partial charge in [0.15, 0.2) is 0 Å². The van der Waals surface area contributed by atoms with Gasteiger partial charge in [0, 0.05) is 0 Å². The van der Waals surface area contributed by atoms with E-state index in [-0.39, 0.29) is 5.92 Å². The first-order valence-electron chi connectivity index (χ1n) is 7.80. The molecule has 0 aliphatic rings. The fourth-order valence-corrected chi connectivity index (χ4v) is 2.52. The van der Waals surface area contributed by atoms with E-state index >= 15 is 0 Å². The van der Waals surface area contributed by atoms with Crippen LogP contribution in [0.3, 0.4) is 0 Å². The molecule has 0 aromatic rings. The predicted octanol–water partition coefficient (Wildman–Crippen LogP) is 3.71. The topological polar surface area (TPSA) is 52.6 Å². The molecule has 0 fully saturated rings. The number of hydrogen-bond donors (Lipinski definition) is 0. The Morgan fingerprint density at radius 3 is 2.24 bits per heavy atom. The summed E-state index contributed by atoms with van der Waals surface area (Å²) in [6.07, 6.45) is 5.59. The van der Waals surface area contributed by atoms with E-state index in [1.807, 2.05) is 20.8 Å². The fraction of sp³-hybridized carbons (Fsp3) is 0.750. The zero-order chi connectivity index (χ0) is 16.3. The summed E-state index contributed by atoms with van der Waals surface area (Å²) in [6, 6.07) is 0. The van der Waals surface area contributed by atoms with Crippen LogP contribution in [0.1, 0.15) is 72.6 Å². The van der Waals surface area contributed by atoms with Gasteiger partial charge in [-0.3, -0.25) is 0 Å². The molecular formula is C16H27FeO4. The quantitative estimate of drug-likeness (QED) is 0.264. The Labute approximate surface area is 136 Å². The van der Waals surface area contributed by atoms with Gasteiger partial charge in [0.1, 0.15) is 0 Å². The average molecular weight is 339 g/mol. The summed E-state index contributed by atoms with van der Waals surface area (Å²) in [5, 5.41) is 0. The monoisotopic (exact) mass is 339 g/mol. The van der Waals surface area contributed by atoms with Crippen molar-refractivity contribution < 1.29 is 34.9 Å². The SMILES string of the molecule is CCCCC(CC)C(=O)OOC(=O)[C-](CC)[C](=[Fe+])CCC. The first-order valence-corrected chi connectivity index (χ1v) is 8.35. The van der Waals surface area contributed by atoms with Gasteiger partial charge in [-0.1, -0.05) is 0 Å². The molecule has 0 N–H and O–H groups in total. The van der Waals surface area contributed by atoms with Crippen molar-refractivity contribution in [1.29, 1.82) is 0 Å². The predicted molar refractivity (Wildman–Crippen MR) is 78.9 cm³/mol. The van der Waals surface area contributed by atoms with Crippen molar-refractivity contribution in [2.45, 2.75) is 72.6 Å². The van der Waals surface area contributed by atoms with Gasteiger partial charge in [-0.15, -0.1) is 0 Å². The molecule has 0 saturated carbocycles. The minimum atomic E-state index is -0.602.